The van der Waals surface area contributed by atoms with Gasteiger partial charge in [0.2, 0.25) is 0 Å². The third-order valence-corrected chi connectivity index (χ3v) is 2.64. The molecule has 0 aliphatic rings. The number of carbonyl (C=O) groups is 2. The van der Waals surface area contributed by atoms with Crippen molar-refractivity contribution in [2.75, 3.05) is 5.73 Å². The normalized spacial score (nSPS) is 14.2. The Labute approximate surface area is 117 Å². The number of ether oxygens (including phenoxy) is 1. The Hall–Kier alpha value is -2.24. The fraction of sp³-hybridized carbons (Fsp3) is 0.429. The van der Waals surface area contributed by atoms with Gasteiger partial charge in [0.05, 0.1) is 0 Å². The van der Waals surface area contributed by atoms with E-state index < -0.39 is 23.2 Å². The lowest BCUT2D eigenvalue weighted by atomic mass is 9.92. The second-order valence-corrected chi connectivity index (χ2v) is 5.68. The van der Waals surface area contributed by atoms with Gasteiger partial charge in [-0.25, -0.2) is 9.59 Å². The molecule has 110 valence electrons. The molecule has 0 saturated carbocycles. The molecule has 0 bridgehead atoms. The summed E-state index contributed by atoms with van der Waals surface area (Å²) in [5, 5.41) is 11.8. The number of carboxylic acid groups (broad SMARTS) is 1. The third-order valence-electron chi connectivity index (χ3n) is 2.64. The van der Waals surface area contributed by atoms with E-state index in [0.717, 1.165) is 0 Å². The fourth-order valence-electron chi connectivity index (χ4n) is 1.61. The van der Waals surface area contributed by atoms with Crippen LogP contribution in [-0.4, -0.2) is 22.8 Å². The first-order chi connectivity index (χ1) is 9.04. The van der Waals surface area contributed by atoms with Crippen molar-refractivity contribution in [3.8, 4) is 0 Å². The fourth-order valence-corrected chi connectivity index (χ4v) is 1.61. The molecule has 6 nitrogen and oxygen atoms in total. The maximum Gasteiger partial charge on any atom is 0.408 e. The molecule has 0 fully saturated rings. The van der Waals surface area contributed by atoms with E-state index in [1.54, 1.807) is 39.0 Å². The van der Waals surface area contributed by atoms with Gasteiger partial charge in [0.25, 0.3) is 0 Å². The lowest BCUT2D eigenvalue weighted by molar-refractivity contribution is -0.144. The molecule has 0 aliphatic carbocycles. The summed E-state index contributed by atoms with van der Waals surface area (Å²) < 4.78 is 5.09. The first kappa shape index (κ1) is 15.8. The van der Waals surface area contributed by atoms with E-state index in [4.69, 9.17) is 10.5 Å². The van der Waals surface area contributed by atoms with Gasteiger partial charge in [0.15, 0.2) is 5.54 Å². The summed E-state index contributed by atoms with van der Waals surface area (Å²) in [6.07, 6.45) is -0.801. The Morgan fingerprint density at radius 1 is 1.25 bits per heavy atom. The number of hydrogen-bond acceptors (Lipinski definition) is 4. The van der Waals surface area contributed by atoms with Crippen molar-refractivity contribution in [3.63, 3.8) is 0 Å². The highest BCUT2D eigenvalue weighted by molar-refractivity contribution is 5.85. The summed E-state index contributed by atoms with van der Waals surface area (Å²) in [6, 6.07) is 6.36. The molecule has 0 aromatic heterocycles. The molecule has 4 N–H and O–H groups in total. The van der Waals surface area contributed by atoms with Crippen LogP contribution in [0.3, 0.4) is 0 Å². The molecule has 6 heteroatoms. The van der Waals surface area contributed by atoms with Crippen LogP contribution in [0.2, 0.25) is 0 Å². The average molecular weight is 280 g/mol. The summed E-state index contributed by atoms with van der Waals surface area (Å²) in [6.45, 7) is 6.48. The van der Waals surface area contributed by atoms with Gasteiger partial charge in [-0.15, -0.1) is 0 Å². The van der Waals surface area contributed by atoms with E-state index in [1.165, 1.54) is 13.0 Å². The first-order valence-electron chi connectivity index (χ1n) is 6.15. The van der Waals surface area contributed by atoms with Crippen LogP contribution in [-0.2, 0) is 15.1 Å². The number of benzene rings is 1. The minimum absolute atomic E-state index is 0.371. The second kappa shape index (κ2) is 5.40. The number of amides is 1. The zero-order valence-corrected chi connectivity index (χ0v) is 12.1. The van der Waals surface area contributed by atoms with E-state index in [2.05, 4.69) is 5.32 Å². The Bertz CT molecular complexity index is 522. The van der Waals surface area contributed by atoms with Crippen LogP contribution in [0, 0.1) is 0 Å². The molecule has 1 rings (SSSR count). The van der Waals surface area contributed by atoms with Gasteiger partial charge in [-0.2, -0.15) is 0 Å². The van der Waals surface area contributed by atoms with Crippen molar-refractivity contribution in [2.45, 2.75) is 38.8 Å². The van der Waals surface area contributed by atoms with Gasteiger partial charge >= 0.3 is 12.1 Å². The van der Waals surface area contributed by atoms with Crippen LogP contribution in [0.25, 0.3) is 0 Å². The number of nitrogens with two attached hydrogens (primary N) is 1. The molecule has 1 amide bonds. The minimum atomic E-state index is -1.61. The lowest BCUT2D eigenvalue weighted by Crippen LogP contribution is -2.51. The predicted molar refractivity (Wildman–Crippen MR) is 75.2 cm³/mol. The number of nitrogens with one attached hydrogen (secondary N) is 1. The number of alkyl carbamates (subject to hydrolysis) is 1. The molecule has 1 aromatic carbocycles. The standard InChI is InChI=1S/C14H20N2O4/c1-13(2,3)20-12(19)16-14(4,11(17)18)9-6-5-7-10(15)8-9/h5-8H,15H2,1-4H3,(H,16,19)(H,17,18). The maximum atomic E-state index is 11.8. The Morgan fingerprint density at radius 2 is 1.85 bits per heavy atom. The summed E-state index contributed by atoms with van der Waals surface area (Å²) in [7, 11) is 0. The molecule has 20 heavy (non-hydrogen) atoms. The molecular formula is C14H20N2O4. The number of anilines is 1. The number of aliphatic carboxylic acids is 1. The van der Waals surface area contributed by atoms with Gasteiger partial charge < -0.3 is 20.9 Å². The molecule has 0 saturated heterocycles. The van der Waals surface area contributed by atoms with E-state index in [-0.39, 0.29) is 0 Å². The smallest absolute Gasteiger partial charge is 0.408 e. The zero-order chi connectivity index (χ0) is 15.6. The largest absolute Gasteiger partial charge is 0.479 e. The Balaban J connectivity index is 3.05. The van der Waals surface area contributed by atoms with Gasteiger partial charge in [0.1, 0.15) is 5.60 Å². The van der Waals surface area contributed by atoms with Crippen LogP contribution in [0.1, 0.15) is 33.3 Å². The number of hydrogen-bond donors (Lipinski definition) is 3. The highest BCUT2D eigenvalue weighted by atomic mass is 16.6. The molecule has 0 radical (unpaired) electrons. The maximum absolute atomic E-state index is 11.8. The van der Waals surface area contributed by atoms with Crippen molar-refractivity contribution in [1.29, 1.82) is 0 Å². The molecular weight excluding hydrogens is 260 g/mol. The van der Waals surface area contributed by atoms with E-state index >= 15 is 0 Å². The monoisotopic (exact) mass is 280 g/mol. The van der Waals surface area contributed by atoms with Gasteiger partial charge in [0, 0.05) is 5.69 Å². The molecule has 1 atom stereocenters. The van der Waals surface area contributed by atoms with Crippen LogP contribution in [0.4, 0.5) is 10.5 Å². The highest BCUT2D eigenvalue weighted by Crippen LogP contribution is 2.23. The first-order valence-corrected chi connectivity index (χ1v) is 6.15. The number of nitrogen functional groups attached to an aromatic ring is 1. The van der Waals surface area contributed by atoms with Crippen molar-refractivity contribution >= 4 is 17.7 Å². The van der Waals surface area contributed by atoms with Crippen molar-refractivity contribution in [3.05, 3.63) is 29.8 Å². The van der Waals surface area contributed by atoms with Crippen molar-refractivity contribution in [1.82, 2.24) is 5.32 Å². The van der Waals surface area contributed by atoms with Crippen LogP contribution < -0.4 is 11.1 Å². The summed E-state index contributed by atoms with van der Waals surface area (Å²) in [5.74, 6) is -1.20. The van der Waals surface area contributed by atoms with Crippen LogP contribution in [0.5, 0.6) is 0 Å². The zero-order valence-electron chi connectivity index (χ0n) is 12.1. The Kier molecular flexibility index (Phi) is 4.27. The molecule has 0 spiro atoms. The van der Waals surface area contributed by atoms with E-state index in [1.807, 2.05) is 0 Å². The number of carboxylic acids is 1. The summed E-state index contributed by atoms with van der Waals surface area (Å²) in [5.41, 5.74) is 4.12. The third kappa shape index (κ3) is 3.88. The molecule has 1 aromatic rings. The Morgan fingerprint density at radius 3 is 2.30 bits per heavy atom. The molecule has 1 unspecified atom stereocenters. The van der Waals surface area contributed by atoms with Crippen LogP contribution >= 0.6 is 0 Å². The van der Waals surface area contributed by atoms with Gasteiger partial charge in [-0.3, -0.25) is 0 Å². The van der Waals surface area contributed by atoms with Crippen molar-refractivity contribution < 1.29 is 19.4 Å². The van der Waals surface area contributed by atoms with Gasteiger partial charge in [-0.05, 0) is 45.4 Å². The lowest BCUT2D eigenvalue weighted by Gasteiger charge is -2.29. The SMILES string of the molecule is CC(C)(C)OC(=O)NC(C)(C(=O)O)c1cccc(N)c1. The molecule has 0 heterocycles. The highest BCUT2D eigenvalue weighted by Gasteiger charge is 2.38. The topological polar surface area (TPSA) is 102 Å². The van der Waals surface area contributed by atoms with E-state index in [9.17, 15) is 14.7 Å². The summed E-state index contributed by atoms with van der Waals surface area (Å²) >= 11 is 0. The number of rotatable bonds is 3. The summed E-state index contributed by atoms with van der Waals surface area (Å²) in [4.78, 5) is 23.3. The number of carbonyl (C=O) groups excluding carboxylic acids is 1. The average Bonchev–Trinajstić information content (AvgIpc) is 2.25. The van der Waals surface area contributed by atoms with Gasteiger partial charge in [-0.1, -0.05) is 12.1 Å². The van der Waals surface area contributed by atoms with E-state index in [0.29, 0.717) is 11.3 Å². The second-order valence-electron chi connectivity index (χ2n) is 5.68. The molecule has 0 aliphatic heterocycles. The van der Waals surface area contributed by atoms with Crippen molar-refractivity contribution in [2.24, 2.45) is 0 Å². The van der Waals surface area contributed by atoms with Crippen LogP contribution in [0.15, 0.2) is 24.3 Å². The predicted octanol–water partition coefficient (Wildman–Crippen LogP) is 2.09. The quantitative estimate of drug-likeness (QED) is 0.736. The minimum Gasteiger partial charge on any atom is -0.479 e.